The zero-order valence-corrected chi connectivity index (χ0v) is 14.8. The smallest absolute Gasteiger partial charge is 0.319 e. The third kappa shape index (κ3) is 9.05. The van der Waals surface area contributed by atoms with Gasteiger partial charge in [-0.1, -0.05) is 13.0 Å². The maximum atomic E-state index is 12.0. The second-order valence-electron chi connectivity index (χ2n) is 5.34. The molecule has 0 aliphatic carbocycles. The Morgan fingerprint density at radius 1 is 1.13 bits per heavy atom. The Morgan fingerprint density at radius 3 is 2.52 bits per heavy atom. The Labute approximate surface area is 144 Å². The van der Waals surface area contributed by atoms with Crippen LogP contribution in [-0.2, 0) is 0 Å². The van der Waals surface area contributed by atoms with Crippen molar-refractivity contribution in [3.8, 4) is 0 Å². The number of amides is 3. The Bertz CT molecular complexity index is 495. The number of urea groups is 1. The van der Waals surface area contributed by atoms with Gasteiger partial charge in [-0.25, -0.2) is 4.79 Å². The van der Waals surface area contributed by atoms with E-state index >= 15 is 0 Å². The molecular formula is C16H27ClN4O2. The van der Waals surface area contributed by atoms with Gasteiger partial charge in [0.15, 0.2) is 0 Å². The molecule has 3 amide bonds. The fraction of sp³-hybridized carbons (Fsp3) is 0.500. The molecule has 0 saturated carbocycles. The van der Waals surface area contributed by atoms with E-state index in [2.05, 4.69) is 28.2 Å². The number of anilines is 1. The molecule has 6 nitrogen and oxygen atoms in total. The lowest BCUT2D eigenvalue weighted by Gasteiger charge is -2.11. The first-order valence-electron chi connectivity index (χ1n) is 7.69. The van der Waals surface area contributed by atoms with Gasteiger partial charge in [0.05, 0.1) is 0 Å². The SMILES string of the molecule is CCCNCCNC(=O)c1cccc(NC(=O)NC(C)C)c1.Cl. The first-order chi connectivity index (χ1) is 10.5. The number of carbonyl (C=O) groups is 2. The van der Waals surface area contributed by atoms with Gasteiger partial charge in [-0.05, 0) is 45.0 Å². The van der Waals surface area contributed by atoms with E-state index in [4.69, 9.17) is 0 Å². The lowest BCUT2D eigenvalue weighted by Crippen LogP contribution is -2.34. The molecule has 0 heterocycles. The summed E-state index contributed by atoms with van der Waals surface area (Å²) in [4.78, 5) is 23.7. The minimum atomic E-state index is -0.281. The lowest BCUT2D eigenvalue weighted by molar-refractivity contribution is 0.0954. The van der Waals surface area contributed by atoms with Gasteiger partial charge in [-0.3, -0.25) is 4.79 Å². The van der Waals surface area contributed by atoms with E-state index in [1.807, 2.05) is 13.8 Å². The van der Waals surface area contributed by atoms with E-state index in [1.165, 1.54) is 0 Å². The largest absolute Gasteiger partial charge is 0.351 e. The van der Waals surface area contributed by atoms with Crippen LogP contribution in [0.15, 0.2) is 24.3 Å². The third-order valence-electron chi connectivity index (χ3n) is 2.82. The first kappa shape index (κ1) is 21.2. The average molecular weight is 343 g/mol. The van der Waals surface area contributed by atoms with Crippen molar-refractivity contribution in [2.75, 3.05) is 25.0 Å². The van der Waals surface area contributed by atoms with Gasteiger partial charge in [0.25, 0.3) is 5.91 Å². The van der Waals surface area contributed by atoms with Gasteiger partial charge in [0.1, 0.15) is 0 Å². The molecule has 0 aromatic heterocycles. The molecule has 4 N–H and O–H groups in total. The summed E-state index contributed by atoms with van der Waals surface area (Å²) in [6.07, 6.45) is 1.07. The second kappa shape index (κ2) is 11.7. The van der Waals surface area contributed by atoms with Gasteiger partial charge in [0, 0.05) is 30.4 Å². The Morgan fingerprint density at radius 2 is 1.87 bits per heavy atom. The molecule has 1 aromatic carbocycles. The number of carbonyl (C=O) groups excluding carboxylic acids is 2. The van der Waals surface area contributed by atoms with E-state index < -0.39 is 0 Å². The molecular weight excluding hydrogens is 316 g/mol. The zero-order valence-electron chi connectivity index (χ0n) is 13.9. The standard InChI is InChI=1S/C16H26N4O2.ClH/c1-4-8-17-9-10-18-15(21)13-6-5-7-14(11-13)20-16(22)19-12(2)3;/h5-7,11-12,17H,4,8-10H2,1-3H3,(H,18,21)(H2,19,20,22);1H. The fourth-order valence-corrected chi connectivity index (χ4v) is 1.84. The Hall–Kier alpha value is -1.79. The number of nitrogens with one attached hydrogen (secondary N) is 4. The van der Waals surface area contributed by atoms with E-state index in [-0.39, 0.29) is 30.4 Å². The summed E-state index contributed by atoms with van der Waals surface area (Å²) in [5, 5.41) is 11.5. The van der Waals surface area contributed by atoms with Crippen molar-refractivity contribution in [3.05, 3.63) is 29.8 Å². The predicted molar refractivity (Wildman–Crippen MR) is 96.5 cm³/mol. The van der Waals surface area contributed by atoms with Gasteiger partial charge in [-0.2, -0.15) is 0 Å². The van der Waals surface area contributed by atoms with Crippen LogP contribution < -0.4 is 21.3 Å². The van der Waals surface area contributed by atoms with Crippen LogP contribution in [0.1, 0.15) is 37.6 Å². The van der Waals surface area contributed by atoms with E-state index in [0.717, 1.165) is 19.5 Å². The van der Waals surface area contributed by atoms with E-state index in [9.17, 15) is 9.59 Å². The molecule has 130 valence electrons. The number of benzene rings is 1. The summed E-state index contributed by atoms with van der Waals surface area (Å²) in [6.45, 7) is 8.13. The molecule has 0 unspecified atom stereocenters. The van der Waals surface area contributed by atoms with E-state index in [1.54, 1.807) is 24.3 Å². The first-order valence-corrected chi connectivity index (χ1v) is 7.69. The van der Waals surface area contributed by atoms with Crippen molar-refractivity contribution < 1.29 is 9.59 Å². The lowest BCUT2D eigenvalue weighted by atomic mass is 10.2. The highest BCUT2D eigenvalue weighted by molar-refractivity contribution is 5.96. The van der Waals surface area contributed by atoms with Crippen LogP contribution in [-0.4, -0.2) is 37.6 Å². The fourth-order valence-electron chi connectivity index (χ4n) is 1.84. The Balaban J connectivity index is 0.00000484. The van der Waals surface area contributed by atoms with Crippen LogP contribution in [0.4, 0.5) is 10.5 Å². The van der Waals surface area contributed by atoms with Crippen molar-refractivity contribution in [1.82, 2.24) is 16.0 Å². The molecule has 7 heteroatoms. The number of hydrogen-bond acceptors (Lipinski definition) is 3. The van der Waals surface area contributed by atoms with Crippen LogP contribution in [0.2, 0.25) is 0 Å². The van der Waals surface area contributed by atoms with Crippen molar-refractivity contribution in [1.29, 1.82) is 0 Å². The molecule has 0 aliphatic rings. The molecule has 0 atom stereocenters. The van der Waals surface area contributed by atoms with Crippen LogP contribution in [0, 0.1) is 0 Å². The van der Waals surface area contributed by atoms with Crippen LogP contribution in [0.3, 0.4) is 0 Å². The number of hydrogen-bond donors (Lipinski definition) is 4. The minimum absolute atomic E-state index is 0. The molecule has 0 radical (unpaired) electrons. The minimum Gasteiger partial charge on any atom is -0.351 e. The summed E-state index contributed by atoms with van der Waals surface area (Å²) in [7, 11) is 0. The Kier molecular flexibility index (Phi) is 10.8. The highest BCUT2D eigenvalue weighted by Gasteiger charge is 2.07. The highest BCUT2D eigenvalue weighted by atomic mass is 35.5. The summed E-state index contributed by atoms with van der Waals surface area (Å²) < 4.78 is 0. The molecule has 0 spiro atoms. The normalized spacial score (nSPS) is 9.91. The quantitative estimate of drug-likeness (QED) is 0.547. The van der Waals surface area contributed by atoms with Gasteiger partial charge < -0.3 is 21.3 Å². The summed E-state index contributed by atoms with van der Waals surface area (Å²) in [6, 6.07) is 6.66. The van der Waals surface area contributed by atoms with Crippen molar-refractivity contribution in [3.63, 3.8) is 0 Å². The zero-order chi connectivity index (χ0) is 16.4. The molecule has 0 bridgehead atoms. The topological polar surface area (TPSA) is 82.3 Å². The van der Waals surface area contributed by atoms with Crippen molar-refractivity contribution in [2.24, 2.45) is 0 Å². The maximum Gasteiger partial charge on any atom is 0.319 e. The van der Waals surface area contributed by atoms with E-state index in [0.29, 0.717) is 17.8 Å². The predicted octanol–water partition coefficient (Wildman–Crippen LogP) is 2.37. The van der Waals surface area contributed by atoms with Gasteiger partial charge >= 0.3 is 6.03 Å². The van der Waals surface area contributed by atoms with Crippen LogP contribution >= 0.6 is 12.4 Å². The molecule has 0 aliphatic heterocycles. The average Bonchev–Trinajstić information content (AvgIpc) is 2.46. The molecule has 0 fully saturated rings. The molecule has 23 heavy (non-hydrogen) atoms. The second-order valence-corrected chi connectivity index (χ2v) is 5.34. The van der Waals surface area contributed by atoms with Crippen molar-refractivity contribution >= 4 is 30.0 Å². The third-order valence-corrected chi connectivity index (χ3v) is 2.82. The number of halogens is 1. The molecule has 1 aromatic rings. The monoisotopic (exact) mass is 342 g/mol. The van der Waals surface area contributed by atoms with Crippen LogP contribution in [0.25, 0.3) is 0 Å². The molecule has 0 saturated heterocycles. The highest BCUT2D eigenvalue weighted by Crippen LogP contribution is 2.10. The molecule has 1 rings (SSSR count). The van der Waals surface area contributed by atoms with Gasteiger partial charge in [0.2, 0.25) is 0 Å². The van der Waals surface area contributed by atoms with Crippen LogP contribution in [0.5, 0.6) is 0 Å². The summed E-state index contributed by atoms with van der Waals surface area (Å²) >= 11 is 0. The maximum absolute atomic E-state index is 12.0. The summed E-state index contributed by atoms with van der Waals surface area (Å²) in [5.41, 5.74) is 1.12. The van der Waals surface area contributed by atoms with Crippen molar-refractivity contribution in [2.45, 2.75) is 33.2 Å². The number of rotatable bonds is 8. The van der Waals surface area contributed by atoms with Gasteiger partial charge in [-0.15, -0.1) is 12.4 Å². The summed E-state index contributed by atoms with van der Waals surface area (Å²) in [5.74, 6) is -0.147.